The molecule has 0 atom stereocenters. The summed E-state index contributed by atoms with van der Waals surface area (Å²) in [5, 5.41) is 12.5. The van der Waals surface area contributed by atoms with Crippen molar-refractivity contribution < 1.29 is 14.4 Å². The van der Waals surface area contributed by atoms with Gasteiger partial charge < -0.3 is 10.6 Å². The van der Waals surface area contributed by atoms with Gasteiger partial charge in [-0.25, -0.2) is 0 Å². The van der Waals surface area contributed by atoms with Gasteiger partial charge >= 0.3 is 0 Å². The number of nitrogens with one attached hydrogen (secondary N) is 3. The molecular formula is C30H44N6O3. The Morgan fingerprint density at radius 3 is 1.69 bits per heavy atom. The average Bonchev–Trinajstić information content (AvgIpc) is 3.35. The number of hydrogen-bond donors (Lipinski definition) is 5. The second-order valence-electron chi connectivity index (χ2n) is 10.5. The number of hydrazine groups is 1. The van der Waals surface area contributed by atoms with E-state index in [0.29, 0.717) is 22.6 Å². The maximum absolute atomic E-state index is 11.9. The quantitative estimate of drug-likeness (QED) is 0.168. The van der Waals surface area contributed by atoms with E-state index in [-0.39, 0.29) is 30.4 Å². The predicted molar refractivity (Wildman–Crippen MR) is 159 cm³/mol. The van der Waals surface area contributed by atoms with Crippen molar-refractivity contribution in [3.63, 3.8) is 0 Å². The fourth-order valence-corrected chi connectivity index (χ4v) is 2.84. The monoisotopic (exact) mass is 536 g/mol. The van der Waals surface area contributed by atoms with Crippen molar-refractivity contribution in [3.05, 3.63) is 95.3 Å². The van der Waals surface area contributed by atoms with Crippen LogP contribution in [0.1, 0.15) is 82.3 Å². The first-order valence-corrected chi connectivity index (χ1v) is 12.1. The maximum Gasteiger partial charge on any atom is 0.256 e. The summed E-state index contributed by atoms with van der Waals surface area (Å²) in [6.45, 7) is 13.5. The molecule has 0 aliphatic rings. The Kier molecular flexibility index (Phi) is 14.3. The van der Waals surface area contributed by atoms with Crippen LogP contribution in [-0.2, 0) is 10.2 Å². The molecular weight excluding hydrogens is 492 g/mol. The Labute approximate surface area is 232 Å². The number of anilines is 1. The van der Waals surface area contributed by atoms with Crippen LogP contribution in [0.5, 0.6) is 0 Å². The smallest absolute Gasteiger partial charge is 0.256 e. The molecule has 0 spiro atoms. The van der Waals surface area contributed by atoms with Crippen LogP contribution in [0.3, 0.4) is 0 Å². The number of hydrogen-bond acceptors (Lipinski definition) is 6. The third-order valence-corrected chi connectivity index (χ3v) is 5.10. The van der Waals surface area contributed by atoms with Crippen LogP contribution in [0.15, 0.2) is 78.5 Å². The van der Waals surface area contributed by atoms with Gasteiger partial charge in [-0.3, -0.25) is 31.2 Å². The fourth-order valence-electron chi connectivity index (χ4n) is 2.84. The number of aromatic nitrogens is 2. The van der Waals surface area contributed by atoms with Crippen LogP contribution >= 0.6 is 0 Å². The molecule has 212 valence electrons. The van der Waals surface area contributed by atoms with Crippen molar-refractivity contribution in [2.75, 3.05) is 5.32 Å². The molecule has 9 heteroatoms. The van der Waals surface area contributed by atoms with Gasteiger partial charge in [-0.2, -0.15) is 5.10 Å². The van der Waals surface area contributed by atoms with Crippen molar-refractivity contribution in [1.82, 2.24) is 15.5 Å². The molecule has 9 nitrogen and oxygen atoms in total. The SMILES string of the molecule is C.C/C(=C\C(=O)C(C)(C)C)NC(=O)c1ccccc1.CC(C)(C)c1cc(NC(=O)c2ccccc2)n[nH]1.NN. The largest absolute Gasteiger partial charge is 0.326 e. The van der Waals surface area contributed by atoms with Crippen molar-refractivity contribution >= 4 is 23.4 Å². The first kappa shape index (κ1) is 34.9. The zero-order chi connectivity index (χ0) is 28.9. The summed E-state index contributed by atoms with van der Waals surface area (Å²) in [5.41, 5.74) is 2.31. The second kappa shape index (κ2) is 16.0. The van der Waals surface area contributed by atoms with E-state index >= 15 is 0 Å². The molecule has 0 aliphatic carbocycles. The normalized spacial score (nSPS) is 10.9. The molecule has 0 bridgehead atoms. The summed E-state index contributed by atoms with van der Waals surface area (Å²) in [5.74, 6) is 8.19. The van der Waals surface area contributed by atoms with Crippen LogP contribution in [0, 0.1) is 5.41 Å². The Morgan fingerprint density at radius 1 is 0.821 bits per heavy atom. The van der Waals surface area contributed by atoms with E-state index in [2.05, 4.69) is 53.3 Å². The Morgan fingerprint density at radius 2 is 1.28 bits per heavy atom. The molecule has 1 heterocycles. The first-order chi connectivity index (χ1) is 17.8. The lowest BCUT2D eigenvalue weighted by Crippen LogP contribution is -2.24. The minimum Gasteiger partial charge on any atom is -0.326 e. The van der Waals surface area contributed by atoms with Gasteiger partial charge in [0, 0.05) is 45.5 Å². The van der Waals surface area contributed by atoms with Crippen LogP contribution in [0.4, 0.5) is 5.82 Å². The number of carbonyl (C=O) groups excluding carboxylic acids is 3. The van der Waals surface area contributed by atoms with Gasteiger partial charge in [0.2, 0.25) is 0 Å². The Bertz CT molecular complexity index is 1200. The van der Waals surface area contributed by atoms with E-state index in [9.17, 15) is 14.4 Å². The minimum absolute atomic E-state index is 0. The molecule has 0 aliphatic heterocycles. The number of amides is 2. The van der Waals surface area contributed by atoms with Gasteiger partial charge in [-0.05, 0) is 31.2 Å². The predicted octanol–water partition coefficient (Wildman–Crippen LogP) is 5.35. The molecule has 1 aromatic heterocycles. The molecule has 0 saturated carbocycles. The first-order valence-electron chi connectivity index (χ1n) is 12.1. The maximum atomic E-state index is 11.9. The third-order valence-electron chi connectivity index (χ3n) is 5.10. The molecule has 3 aromatic rings. The number of nitrogens with zero attached hydrogens (tertiary/aromatic N) is 1. The summed E-state index contributed by atoms with van der Waals surface area (Å²) in [7, 11) is 0. The summed E-state index contributed by atoms with van der Waals surface area (Å²) in [4.78, 5) is 35.5. The number of aromatic amines is 1. The topological polar surface area (TPSA) is 156 Å². The van der Waals surface area contributed by atoms with Crippen LogP contribution in [-0.4, -0.2) is 27.8 Å². The molecule has 2 amide bonds. The molecule has 2 aromatic carbocycles. The number of carbonyl (C=O) groups is 3. The Hall–Kier alpha value is -4.08. The van der Waals surface area contributed by atoms with Gasteiger partial charge in [-0.1, -0.05) is 85.4 Å². The molecule has 0 unspecified atom stereocenters. The van der Waals surface area contributed by atoms with E-state index in [1.807, 2.05) is 51.1 Å². The molecule has 0 saturated heterocycles. The van der Waals surface area contributed by atoms with E-state index in [1.54, 1.807) is 43.3 Å². The van der Waals surface area contributed by atoms with Crippen LogP contribution in [0.25, 0.3) is 0 Å². The highest BCUT2D eigenvalue weighted by molar-refractivity contribution is 6.03. The number of nitrogens with two attached hydrogens (primary N) is 2. The fraction of sp³-hybridized carbons (Fsp3) is 0.333. The number of benzene rings is 2. The highest BCUT2D eigenvalue weighted by Gasteiger charge is 2.19. The van der Waals surface area contributed by atoms with Gasteiger partial charge in [0.15, 0.2) is 11.6 Å². The van der Waals surface area contributed by atoms with Crippen molar-refractivity contribution in [1.29, 1.82) is 0 Å². The lowest BCUT2D eigenvalue weighted by atomic mass is 9.90. The molecule has 0 radical (unpaired) electrons. The number of rotatable bonds is 5. The van der Waals surface area contributed by atoms with E-state index in [4.69, 9.17) is 0 Å². The zero-order valence-electron chi connectivity index (χ0n) is 23.3. The highest BCUT2D eigenvalue weighted by atomic mass is 16.2. The van der Waals surface area contributed by atoms with Gasteiger partial charge in [0.25, 0.3) is 11.8 Å². The van der Waals surface area contributed by atoms with E-state index in [1.165, 1.54) is 6.08 Å². The number of ketones is 1. The standard InChI is InChI=1S/C15H19NO2.C14H17N3O.CH4.H4N2/c1-11(10-13(17)15(2,3)4)16-14(18)12-8-6-5-7-9-12;1-14(2,3)11-9-12(17-16-11)15-13(18)10-7-5-4-6-8-10;;1-2/h5-10H,1-4H3,(H,16,18);4-9H,1-3H3,(H2,15,16,17,18);1H4;1-2H2/b11-10+;;;. The van der Waals surface area contributed by atoms with Gasteiger partial charge in [-0.15, -0.1) is 0 Å². The van der Waals surface area contributed by atoms with Crippen LogP contribution < -0.4 is 22.3 Å². The lowest BCUT2D eigenvalue weighted by Gasteiger charge is -2.14. The summed E-state index contributed by atoms with van der Waals surface area (Å²) < 4.78 is 0. The molecule has 0 fully saturated rings. The lowest BCUT2D eigenvalue weighted by molar-refractivity contribution is -0.121. The van der Waals surface area contributed by atoms with Gasteiger partial charge in [0.1, 0.15) is 0 Å². The summed E-state index contributed by atoms with van der Waals surface area (Å²) in [6, 6.07) is 19.9. The van der Waals surface area contributed by atoms with Crippen LogP contribution in [0.2, 0.25) is 0 Å². The van der Waals surface area contributed by atoms with Gasteiger partial charge in [0.05, 0.1) is 0 Å². The van der Waals surface area contributed by atoms with E-state index in [0.717, 1.165) is 5.69 Å². The zero-order valence-corrected chi connectivity index (χ0v) is 23.3. The number of allylic oxidation sites excluding steroid dienone is 2. The number of H-pyrrole nitrogens is 1. The van der Waals surface area contributed by atoms with Crippen molar-refractivity contribution in [3.8, 4) is 0 Å². The molecule has 3 rings (SSSR count). The highest BCUT2D eigenvalue weighted by Crippen LogP contribution is 2.22. The molecule has 39 heavy (non-hydrogen) atoms. The second-order valence-corrected chi connectivity index (χ2v) is 10.5. The average molecular weight is 537 g/mol. The minimum atomic E-state index is -0.432. The van der Waals surface area contributed by atoms with Crippen molar-refractivity contribution in [2.24, 2.45) is 17.1 Å². The molecule has 7 N–H and O–H groups in total. The third kappa shape index (κ3) is 12.3. The van der Waals surface area contributed by atoms with E-state index < -0.39 is 5.41 Å². The Balaban J connectivity index is 0.000000680. The van der Waals surface area contributed by atoms with Crippen molar-refractivity contribution in [2.45, 2.75) is 61.3 Å². The summed E-state index contributed by atoms with van der Waals surface area (Å²) in [6.07, 6.45) is 1.47. The summed E-state index contributed by atoms with van der Waals surface area (Å²) >= 11 is 0.